The van der Waals surface area contributed by atoms with Crippen molar-refractivity contribution in [2.24, 2.45) is 5.92 Å². The van der Waals surface area contributed by atoms with E-state index in [-0.39, 0.29) is 0 Å². The summed E-state index contributed by atoms with van der Waals surface area (Å²) in [5.41, 5.74) is 0.882. The Morgan fingerprint density at radius 1 is 1.70 bits per heavy atom. The Bertz CT molecular complexity index is 145. The number of hydrogen-bond donors (Lipinski definition) is 0. The number of rotatable bonds is 2. The number of carbonyl (C=O) groups excluding carboxylic acids is 1. The van der Waals surface area contributed by atoms with Crippen LogP contribution in [0.25, 0.3) is 0 Å². The molecule has 1 saturated heterocycles. The molecule has 1 fully saturated rings. The Balaban J connectivity index is 2.42. The molecule has 1 rings (SSSR count). The highest BCUT2D eigenvalue weighted by Crippen LogP contribution is 2.24. The number of allylic oxidation sites excluding steroid dienone is 2. The molecule has 1 nitrogen and oxygen atoms in total. The Labute approximate surface area is 65.9 Å². The van der Waals surface area contributed by atoms with E-state index in [1.807, 2.05) is 18.7 Å². The Morgan fingerprint density at radius 3 is 3.00 bits per heavy atom. The lowest BCUT2D eigenvalue weighted by Crippen LogP contribution is -1.93. The van der Waals surface area contributed by atoms with Crippen molar-refractivity contribution < 1.29 is 4.79 Å². The van der Waals surface area contributed by atoms with Crippen LogP contribution in [0.4, 0.5) is 0 Å². The Hall–Kier alpha value is -0.240. The van der Waals surface area contributed by atoms with Gasteiger partial charge in [-0.15, -0.1) is 0 Å². The van der Waals surface area contributed by atoms with Gasteiger partial charge in [-0.1, -0.05) is 6.08 Å². The molecule has 1 aliphatic heterocycles. The monoisotopic (exact) mass is 156 g/mol. The van der Waals surface area contributed by atoms with Gasteiger partial charge in [0.05, 0.1) is 0 Å². The van der Waals surface area contributed by atoms with Crippen LogP contribution in [0.2, 0.25) is 0 Å². The molecule has 0 aromatic heterocycles. The molecule has 1 aliphatic rings. The van der Waals surface area contributed by atoms with Crippen LogP contribution in [0, 0.1) is 5.92 Å². The number of carbonyl (C=O) groups is 1. The van der Waals surface area contributed by atoms with Crippen LogP contribution in [0.3, 0.4) is 0 Å². The van der Waals surface area contributed by atoms with Gasteiger partial charge in [-0.2, -0.15) is 11.8 Å². The molecule has 10 heavy (non-hydrogen) atoms. The van der Waals surface area contributed by atoms with E-state index in [0.717, 1.165) is 11.9 Å². The highest BCUT2D eigenvalue weighted by molar-refractivity contribution is 7.99. The fourth-order valence-electron chi connectivity index (χ4n) is 1.10. The van der Waals surface area contributed by atoms with E-state index in [0.29, 0.717) is 5.92 Å². The molecule has 0 radical (unpaired) electrons. The van der Waals surface area contributed by atoms with Gasteiger partial charge in [-0.05, 0) is 36.3 Å². The van der Waals surface area contributed by atoms with E-state index in [2.05, 4.69) is 6.08 Å². The van der Waals surface area contributed by atoms with Crippen LogP contribution in [0.15, 0.2) is 11.6 Å². The summed E-state index contributed by atoms with van der Waals surface area (Å²) >= 11 is 1.97. The van der Waals surface area contributed by atoms with Crippen LogP contribution in [-0.4, -0.2) is 17.8 Å². The van der Waals surface area contributed by atoms with Crippen molar-refractivity contribution in [1.82, 2.24) is 0 Å². The fourth-order valence-corrected chi connectivity index (χ4v) is 2.30. The summed E-state index contributed by atoms with van der Waals surface area (Å²) < 4.78 is 0. The lowest BCUT2D eigenvalue weighted by atomic mass is 10.1. The second-order valence-electron chi connectivity index (χ2n) is 2.65. The van der Waals surface area contributed by atoms with Crippen LogP contribution in [0.1, 0.15) is 13.3 Å². The molecular formula is C8H12OS. The molecule has 0 saturated carbocycles. The maximum atomic E-state index is 10.2. The third kappa shape index (κ3) is 2.18. The molecule has 0 amide bonds. The largest absolute Gasteiger partial charge is 0.298 e. The average Bonchev–Trinajstić information content (AvgIpc) is 2.40. The summed E-state index contributed by atoms with van der Waals surface area (Å²) in [5.74, 6) is 3.12. The third-order valence-electron chi connectivity index (χ3n) is 1.65. The minimum atomic E-state index is 0.662. The van der Waals surface area contributed by atoms with Gasteiger partial charge in [-0.25, -0.2) is 0 Å². The predicted octanol–water partition coefficient (Wildman–Crippen LogP) is 1.88. The smallest absolute Gasteiger partial charge is 0.145 e. The van der Waals surface area contributed by atoms with E-state index in [1.54, 1.807) is 0 Å². The summed E-state index contributed by atoms with van der Waals surface area (Å²) in [6.45, 7) is 1.87. The predicted molar refractivity (Wildman–Crippen MR) is 45.3 cm³/mol. The summed E-state index contributed by atoms with van der Waals surface area (Å²) in [6, 6.07) is 0. The van der Waals surface area contributed by atoms with Crippen molar-refractivity contribution in [2.75, 3.05) is 11.5 Å². The van der Waals surface area contributed by atoms with Gasteiger partial charge in [-0.3, -0.25) is 4.79 Å². The summed E-state index contributed by atoms with van der Waals surface area (Å²) in [6.07, 6.45) is 4.27. The van der Waals surface area contributed by atoms with E-state index in [9.17, 15) is 4.79 Å². The zero-order valence-electron chi connectivity index (χ0n) is 6.17. The first-order chi connectivity index (χ1) is 4.83. The van der Waals surface area contributed by atoms with Crippen molar-refractivity contribution in [3.8, 4) is 0 Å². The molecule has 0 aliphatic carbocycles. The van der Waals surface area contributed by atoms with Gasteiger partial charge in [0, 0.05) is 0 Å². The molecular weight excluding hydrogens is 144 g/mol. The zero-order valence-corrected chi connectivity index (χ0v) is 6.99. The maximum Gasteiger partial charge on any atom is 0.145 e. The van der Waals surface area contributed by atoms with Gasteiger partial charge in [0.2, 0.25) is 0 Å². The zero-order chi connectivity index (χ0) is 7.40. The molecule has 0 N–H and O–H groups in total. The quantitative estimate of drug-likeness (QED) is 0.448. The Morgan fingerprint density at radius 2 is 2.50 bits per heavy atom. The molecule has 0 bridgehead atoms. The average molecular weight is 156 g/mol. The van der Waals surface area contributed by atoms with Gasteiger partial charge in [0.1, 0.15) is 6.29 Å². The molecule has 0 aromatic rings. The van der Waals surface area contributed by atoms with Gasteiger partial charge in [0.15, 0.2) is 0 Å². The maximum absolute atomic E-state index is 10.2. The SMILES string of the molecule is CC(C=O)=CC1CCSC1. The normalized spacial score (nSPS) is 26.9. The molecule has 1 heterocycles. The summed E-state index contributed by atoms with van der Waals surface area (Å²) in [5, 5.41) is 0. The van der Waals surface area contributed by atoms with Gasteiger partial charge < -0.3 is 0 Å². The minimum absolute atomic E-state index is 0.662. The molecule has 1 atom stereocenters. The fraction of sp³-hybridized carbons (Fsp3) is 0.625. The lowest BCUT2D eigenvalue weighted by Gasteiger charge is -1.98. The van der Waals surface area contributed by atoms with Crippen molar-refractivity contribution in [3.05, 3.63) is 11.6 Å². The van der Waals surface area contributed by atoms with E-state index >= 15 is 0 Å². The first-order valence-electron chi connectivity index (χ1n) is 3.54. The summed E-state index contributed by atoms with van der Waals surface area (Å²) in [4.78, 5) is 10.2. The van der Waals surface area contributed by atoms with Crippen molar-refractivity contribution in [3.63, 3.8) is 0 Å². The van der Waals surface area contributed by atoms with Crippen LogP contribution in [0.5, 0.6) is 0 Å². The second kappa shape index (κ2) is 3.81. The van der Waals surface area contributed by atoms with Gasteiger partial charge in [0.25, 0.3) is 0 Å². The third-order valence-corrected chi connectivity index (χ3v) is 2.84. The highest BCUT2D eigenvalue weighted by Gasteiger charge is 2.12. The van der Waals surface area contributed by atoms with Crippen LogP contribution >= 0.6 is 11.8 Å². The number of aldehydes is 1. The Kier molecular flexibility index (Phi) is 3.00. The van der Waals surface area contributed by atoms with Crippen molar-refractivity contribution >= 4 is 18.0 Å². The summed E-state index contributed by atoms with van der Waals surface area (Å²) in [7, 11) is 0. The van der Waals surface area contributed by atoms with Crippen molar-refractivity contribution in [1.29, 1.82) is 0 Å². The molecule has 2 heteroatoms. The highest BCUT2D eigenvalue weighted by atomic mass is 32.2. The van der Waals surface area contributed by atoms with E-state index < -0.39 is 0 Å². The number of thioether (sulfide) groups is 1. The topological polar surface area (TPSA) is 17.1 Å². The molecule has 56 valence electrons. The molecule has 0 aromatic carbocycles. The first kappa shape index (κ1) is 7.86. The van der Waals surface area contributed by atoms with E-state index in [4.69, 9.17) is 0 Å². The first-order valence-corrected chi connectivity index (χ1v) is 4.69. The standard InChI is InChI=1S/C8H12OS/c1-7(5-9)4-8-2-3-10-6-8/h4-5,8H,2-3,6H2,1H3. The lowest BCUT2D eigenvalue weighted by molar-refractivity contribution is -0.104. The number of hydrogen-bond acceptors (Lipinski definition) is 2. The van der Waals surface area contributed by atoms with Gasteiger partial charge >= 0.3 is 0 Å². The van der Waals surface area contributed by atoms with Crippen LogP contribution in [-0.2, 0) is 4.79 Å². The van der Waals surface area contributed by atoms with Crippen molar-refractivity contribution in [2.45, 2.75) is 13.3 Å². The van der Waals surface area contributed by atoms with E-state index in [1.165, 1.54) is 17.9 Å². The molecule has 1 unspecified atom stereocenters. The minimum Gasteiger partial charge on any atom is -0.298 e. The van der Waals surface area contributed by atoms with Crippen LogP contribution < -0.4 is 0 Å². The molecule has 0 spiro atoms. The second-order valence-corrected chi connectivity index (χ2v) is 3.80.